The molecule has 1 heterocycles. The van der Waals surface area contributed by atoms with Crippen LogP contribution in [0.2, 0.25) is 0 Å². The Morgan fingerprint density at radius 3 is 2.55 bits per heavy atom. The van der Waals surface area contributed by atoms with Crippen LogP contribution in [-0.4, -0.2) is 60.8 Å². The normalized spacial score (nSPS) is 19.0. The standard InChI is InChI=1S/C24H32N2O5/c1-17(23(29)30-5)26-12-11-19(21(15-25-16-27)31-24(2,3)4)14-20(22(26)28)13-18-9-7-6-8-10-18/h6-10,14,17,20-21H,11-13,15H2,1-5H3. The Morgan fingerprint density at radius 1 is 1.29 bits per heavy atom. The molecule has 168 valence electrons. The van der Waals surface area contributed by atoms with E-state index >= 15 is 0 Å². The molecule has 1 aliphatic heterocycles. The van der Waals surface area contributed by atoms with Crippen molar-refractivity contribution in [2.24, 2.45) is 10.9 Å². The number of amides is 1. The SMILES string of the molecule is COC(=O)C(C)N1CCC(C(CN=C=O)OC(C)(C)C)=CC(Cc2ccccc2)C1=O. The van der Waals surface area contributed by atoms with Crippen LogP contribution in [0.25, 0.3) is 0 Å². The molecule has 1 amide bonds. The van der Waals surface area contributed by atoms with E-state index in [1.54, 1.807) is 17.9 Å². The summed E-state index contributed by atoms with van der Waals surface area (Å²) >= 11 is 0. The predicted octanol–water partition coefficient (Wildman–Crippen LogP) is 3.09. The maximum atomic E-state index is 13.4. The molecule has 0 aliphatic carbocycles. The summed E-state index contributed by atoms with van der Waals surface area (Å²) in [6, 6.07) is 9.04. The first-order chi connectivity index (χ1) is 14.7. The number of methoxy groups -OCH3 is 1. The fraction of sp³-hybridized carbons (Fsp3) is 0.542. The molecule has 1 aliphatic rings. The van der Waals surface area contributed by atoms with E-state index in [1.807, 2.05) is 57.2 Å². The topological polar surface area (TPSA) is 85.3 Å². The van der Waals surface area contributed by atoms with Gasteiger partial charge < -0.3 is 14.4 Å². The van der Waals surface area contributed by atoms with Crippen LogP contribution in [-0.2, 0) is 30.3 Å². The molecule has 3 atom stereocenters. The average molecular weight is 429 g/mol. The van der Waals surface area contributed by atoms with Crippen molar-refractivity contribution >= 4 is 18.0 Å². The van der Waals surface area contributed by atoms with E-state index in [9.17, 15) is 14.4 Å². The van der Waals surface area contributed by atoms with Crippen molar-refractivity contribution < 1.29 is 23.9 Å². The van der Waals surface area contributed by atoms with Gasteiger partial charge in [-0.25, -0.2) is 14.6 Å². The summed E-state index contributed by atoms with van der Waals surface area (Å²) in [5.41, 5.74) is 1.44. The molecule has 0 fully saturated rings. The van der Waals surface area contributed by atoms with Crippen molar-refractivity contribution in [3.63, 3.8) is 0 Å². The summed E-state index contributed by atoms with van der Waals surface area (Å²) in [7, 11) is 1.32. The van der Waals surface area contributed by atoms with Crippen LogP contribution in [0.4, 0.5) is 0 Å². The van der Waals surface area contributed by atoms with Gasteiger partial charge in [-0.15, -0.1) is 0 Å². The smallest absolute Gasteiger partial charge is 0.328 e. The largest absolute Gasteiger partial charge is 0.467 e. The lowest BCUT2D eigenvalue weighted by atomic mass is 9.94. The van der Waals surface area contributed by atoms with Gasteiger partial charge in [0.25, 0.3) is 0 Å². The lowest BCUT2D eigenvalue weighted by Gasteiger charge is -2.29. The first-order valence-electron chi connectivity index (χ1n) is 10.5. The van der Waals surface area contributed by atoms with Gasteiger partial charge in [0.15, 0.2) is 0 Å². The Morgan fingerprint density at radius 2 is 1.97 bits per heavy atom. The lowest BCUT2D eigenvalue weighted by Crippen LogP contribution is -2.46. The number of hydrogen-bond acceptors (Lipinski definition) is 6. The zero-order chi connectivity index (χ0) is 23.0. The monoisotopic (exact) mass is 428 g/mol. The minimum absolute atomic E-state index is 0.130. The van der Waals surface area contributed by atoms with E-state index in [0.29, 0.717) is 19.4 Å². The summed E-state index contributed by atoms with van der Waals surface area (Å²) in [5, 5.41) is 0. The van der Waals surface area contributed by atoms with E-state index in [1.165, 1.54) is 7.11 Å². The zero-order valence-corrected chi connectivity index (χ0v) is 19.0. The van der Waals surface area contributed by atoms with Crippen molar-refractivity contribution in [1.82, 2.24) is 4.90 Å². The molecule has 7 nitrogen and oxygen atoms in total. The van der Waals surface area contributed by atoms with Crippen LogP contribution in [0.15, 0.2) is 47.0 Å². The minimum Gasteiger partial charge on any atom is -0.467 e. The summed E-state index contributed by atoms with van der Waals surface area (Å²) in [6.07, 6.45) is 4.05. The third kappa shape index (κ3) is 7.16. The third-order valence-corrected chi connectivity index (χ3v) is 5.20. The molecule has 0 bridgehead atoms. The maximum absolute atomic E-state index is 13.4. The van der Waals surface area contributed by atoms with Crippen LogP contribution >= 0.6 is 0 Å². The van der Waals surface area contributed by atoms with Crippen LogP contribution < -0.4 is 0 Å². The molecule has 0 spiro atoms. The first-order valence-corrected chi connectivity index (χ1v) is 10.5. The molecule has 31 heavy (non-hydrogen) atoms. The first kappa shape index (κ1) is 24.5. The minimum atomic E-state index is -0.696. The highest BCUT2D eigenvalue weighted by molar-refractivity contribution is 5.87. The van der Waals surface area contributed by atoms with Gasteiger partial charge in [0.1, 0.15) is 6.04 Å². The van der Waals surface area contributed by atoms with Gasteiger partial charge in [-0.1, -0.05) is 36.4 Å². The molecule has 0 radical (unpaired) electrons. The Balaban J connectivity index is 2.42. The van der Waals surface area contributed by atoms with E-state index in [2.05, 4.69) is 4.99 Å². The number of nitrogens with zero attached hydrogens (tertiary/aromatic N) is 2. The number of aliphatic imine (C=N–C) groups is 1. The summed E-state index contributed by atoms with van der Waals surface area (Å²) < 4.78 is 11.0. The fourth-order valence-electron chi connectivity index (χ4n) is 3.73. The Labute approximate surface area is 184 Å². The van der Waals surface area contributed by atoms with Crippen LogP contribution in [0.5, 0.6) is 0 Å². The van der Waals surface area contributed by atoms with Crippen LogP contribution in [0.3, 0.4) is 0 Å². The van der Waals surface area contributed by atoms with Crippen molar-refractivity contribution in [1.29, 1.82) is 0 Å². The van der Waals surface area contributed by atoms with Gasteiger partial charge >= 0.3 is 5.97 Å². The Bertz CT molecular complexity index is 837. The van der Waals surface area contributed by atoms with Gasteiger partial charge in [0.05, 0.1) is 31.3 Å². The maximum Gasteiger partial charge on any atom is 0.328 e. The number of carbonyl (C=O) groups excluding carboxylic acids is 3. The number of isocyanates is 1. The average Bonchev–Trinajstić information content (AvgIpc) is 2.89. The molecule has 0 saturated heterocycles. The van der Waals surface area contributed by atoms with Crippen molar-refractivity contribution in [2.45, 2.75) is 58.3 Å². The number of ether oxygens (including phenoxy) is 2. The van der Waals surface area contributed by atoms with Crippen LogP contribution in [0.1, 0.15) is 39.7 Å². The number of hydrogen-bond donors (Lipinski definition) is 0. The molecular weight excluding hydrogens is 396 g/mol. The van der Waals surface area contributed by atoms with Crippen molar-refractivity contribution in [3.05, 3.63) is 47.5 Å². The van der Waals surface area contributed by atoms with Gasteiger partial charge in [-0.3, -0.25) is 4.79 Å². The number of benzene rings is 1. The highest BCUT2D eigenvalue weighted by atomic mass is 16.5. The van der Waals surface area contributed by atoms with E-state index in [-0.39, 0.29) is 12.5 Å². The highest BCUT2D eigenvalue weighted by Crippen LogP contribution is 2.27. The van der Waals surface area contributed by atoms with Gasteiger partial charge in [0.2, 0.25) is 12.0 Å². The molecule has 1 aromatic rings. The molecule has 3 unspecified atom stereocenters. The molecule has 0 saturated carbocycles. The molecule has 2 rings (SSSR count). The second-order valence-corrected chi connectivity index (χ2v) is 8.67. The summed E-state index contributed by atoms with van der Waals surface area (Å²) in [5.74, 6) is -1.06. The Kier molecular flexibility index (Phi) is 8.72. The summed E-state index contributed by atoms with van der Waals surface area (Å²) in [4.78, 5) is 41.7. The Hall–Kier alpha value is -2.76. The van der Waals surface area contributed by atoms with Gasteiger partial charge in [0, 0.05) is 6.54 Å². The summed E-state index contributed by atoms with van der Waals surface area (Å²) in [6.45, 7) is 7.95. The number of esters is 1. The quantitative estimate of drug-likeness (QED) is 0.275. The molecule has 0 aromatic heterocycles. The van der Waals surface area contributed by atoms with Gasteiger partial charge in [-0.2, -0.15) is 0 Å². The van der Waals surface area contributed by atoms with E-state index < -0.39 is 29.6 Å². The highest BCUT2D eigenvalue weighted by Gasteiger charge is 2.35. The molecule has 7 heteroatoms. The fourth-order valence-corrected chi connectivity index (χ4v) is 3.73. The molecule has 1 aromatic carbocycles. The number of carbonyl (C=O) groups is 2. The van der Waals surface area contributed by atoms with Gasteiger partial charge in [-0.05, 0) is 51.7 Å². The van der Waals surface area contributed by atoms with E-state index in [4.69, 9.17) is 9.47 Å². The predicted molar refractivity (Wildman–Crippen MR) is 117 cm³/mol. The van der Waals surface area contributed by atoms with Crippen molar-refractivity contribution in [2.75, 3.05) is 20.2 Å². The second kappa shape index (κ2) is 11.0. The second-order valence-electron chi connectivity index (χ2n) is 8.67. The van der Waals surface area contributed by atoms with Crippen LogP contribution in [0, 0.1) is 5.92 Å². The lowest BCUT2D eigenvalue weighted by molar-refractivity contribution is -0.152. The number of rotatable bonds is 8. The van der Waals surface area contributed by atoms with E-state index in [0.717, 1.165) is 11.1 Å². The molecule has 0 N–H and O–H groups in total. The zero-order valence-electron chi connectivity index (χ0n) is 19.0. The third-order valence-electron chi connectivity index (χ3n) is 5.20. The van der Waals surface area contributed by atoms with Crippen molar-refractivity contribution in [3.8, 4) is 0 Å². The molecular formula is C24H32N2O5.